The number of methoxy groups -OCH3 is 1. The number of ether oxygens (including phenoxy) is 1. The third-order valence-corrected chi connectivity index (χ3v) is 8.65. The highest BCUT2D eigenvalue weighted by atomic mass is 35.5. The molecular weight excluding hydrogens is 539 g/mol. The zero-order valence-electron chi connectivity index (χ0n) is 19.0. The summed E-state index contributed by atoms with van der Waals surface area (Å²) in [5.41, 5.74) is 2.62. The topological polar surface area (TPSA) is 85.3 Å². The van der Waals surface area contributed by atoms with E-state index in [1.807, 2.05) is 19.1 Å². The quantitative estimate of drug-likeness (QED) is 0.226. The summed E-state index contributed by atoms with van der Waals surface area (Å²) >= 11 is 14.0. The van der Waals surface area contributed by atoms with Crippen LogP contribution in [-0.2, 0) is 10.0 Å². The van der Waals surface area contributed by atoms with Crippen LogP contribution in [0.15, 0.2) is 77.3 Å². The van der Waals surface area contributed by atoms with Crippen molar-refractivity contribution in [2.45, 2.75) is 11.8 Å². The van der Waals surface area contributed by atoms with Gasteiger partial charge in [0.15, 0.2) is 5.82 Å². The molecule has 0 N–H and O–H groups in total. The van der Waals surface area contributed by atoms with Crippen molar-refractivity contribution in [3.8, 4) is 16.9 Å². The number of hydrogen-bond acceptors (Lipinski definition) is 7. The Hall–Kier alpha value is -3.24. The van der Waals surface area contributed by atoms with Gasteiger partial charge in [-0.3, -0.25) is 0 Å². The second kappa shape index (κ2) is 9.67. The monoisotopic (exact) mass is 556 g/mol. The summed E-state index contributed by atoms with van der Waals surface area (Å²) in [4.78, 5) is 0.0616. The van der Waals surface area contributed by atoms with Crippen LogP contribution in [0.3, 0.4) is 0 Å². The number of hydrogen-bond donors (Lipinski definition) is 0. The van der Waals surface area contributed by atoms with E-state index in [-0.39, 0.29) is 16.4 Å². The highest BCUT2D eigenvalue weighted by molar-refractivity contribution is 7.93. The van der Waals surface area contributed by atoms with Gasteiger partial charge in [-0.1, -0.05) is 35.3 Å². The lowest BCUT2D eigenvalue weighted by Crippen LogP contribution is -2.27. The second-order valence-corrected chi connectivity index (χ2v) is 11.1. The first-order chi connectivity index (χ1) is 17.3. The third-order valence-electron chi connectivity index (χ3n) is 5.65. The van der Waals surface area contributed by atoms with Crippen molar-refractivity contribution in [2.75, 3.05) is 11.4 Å². The van der Waals surface area contributed by atoms with Crippen LogP contribution in [-0.4, -0.2) is 30.1 Å². The molecule has 11 heteroatoms. The molecule has 5 rings (SSSR count). The summed E-state index contributed by atoms with van der Waals surface area (Å²) in [7, 11) is -2.66. The van der Waals surface area contributed by atoms with Crippen LogP contribution in [0.2, 0.25) is 10.0 Å². The number of rotatable bonds is 6. The highest BCUT2D eigenvalue weighted by Crippen LogP contribution is 2.44. The summed E-state index contributed by atoms with van der Waals surface area (Å²) in [5, 5.41) is 11.8. The fourth-order valence-electron chi connectivity index (χ4n) is 3.82. The van der Waals surface area contributed by atoms with E-state index < -0.39 is 10.0 Å². The van der Waals surface area contributed by atoms with Gasteiger partial charge in [0.25, 0.3) is 10.0 Å². The van der Waals surface area contributed by atoms with E-state index in [0.717, 1.165) is 32.4 Å². The van der Waals surface area contributed by atoms with Gasteiger partial charge < -0.3 is 4.74 Å². The molecular formula is C25H18Cl2N4O3S2. The molecule has 0 bridgehead atoms. The van der Waals surface area contributed by atoms with Crippen LogP contribution in [0, 0.1) is 6.92 Å². The van der Waals surface area contributed by atoms with E-state index in [0.29, 0.717) is 26.7 Å². The van der Waals surface area contributed by atoms with E-state index in [9.17, 15) is 8.42 Å². The summed E-state index contributed by atoms with van der Waals surface area (Å²) < 4.78 is 39.2. The zero-order chi connectivity index (χ0) is 25.4. The molecule has 0 fully saturated rings. The molecule has 2 aromatic heterocycles. The molecule has 0 amide bonds. The minimum Gasteiger partial charge on any atom is -0.495 e. The van der Waals surface area contributed by atoms with Crippen LogP contribution < -0.4 is 9.04 Å². The number of aromatic nitrogens is 3. The number of fused-ring (bicyclic) bond motifs is 1. The van der Waals surface area contributed by atoms with Gasteiger partial charge in [0.05, 0.1) is 29.4 Å². The summed E-state index contributed by atoms with van der Waals surface area (Å²) in [6, 6.07) is 15.2. The Labute approximate surface area is 222 Å². The fraction of sp³-hybridized carbons (Fsp3) is 0.0800. The molecule has 0 saturated carbocycles. The van der Waals surface area contributed by atoms with E-state index >= 15 is 0 Å². The van der Waals surface area contributed by atoms with Gasteiger partial charge in [0, 0.05) is 26.7 Å². The van der Waals surface area contributed by atoms with E-state index in [4.69, 9.17) is 27.9 Å². The number of nitrogens with zero attached hydrogens (tertiary/aromatic N) is 4. The van der Waals surface area contributed by atoms with Crippen LogP contribution in [0.4, 0.5) is 11.5 Å². The number of benzene rings is 3. The van der Waals surface area contributed by atoms with E-state index in [1.54, 1.807) is 48.0 Å². The molecule has 0 radical (unpaired) electrons. The molecule has 5 aromatic rings. The van der Waals surface area contributed by atoms with Crippen molar-refractivity contribution >= 4 is 67.0 Å². The van der Waals surface area contributed by atoms with E-state index in [1.165, 1.54) is 19.4 Å². The predicted octanol–water partition coefficient (Wildman–Crippen LogP) is 6.90. The van der Waals surface area contributed by atoms with Gasteiger partial charge in [-0.25, -0.2) is 12.7 Å². The number of anilines is 2. The maximum Gasteiger partial charge on any atom is 0.270 e. The van der Waals surface area contributed by atoms with Gasteiger partial charge >= 0.3 is 0 Å². The van der Waals surface area contributed by atoms with Crippen molar-refractivity contribution in [1.29, 1.82) is 0 Å². The largest absolute Gasteiger partial charge is 0.495 e. The Bertz CT molecular complexity index is 1690. The summed E-state index contributed by atoms with van der Waals surface area (Å²) in [6.45, 7) is 1.90. The lowest BCUT2D eigenvalue weighted by molar-refractivity contribution is 0.416. The Morgan fingerprint density at radius 3 is 2.39 bits per heavy atom. The smallest absolute Gasteiger partial charge is 0.270 e. The van der Waals surface area contributed by atoms with Crippen LogP contribution in [0.25, 0.3) is 21.9 Å². The molecule has 0 aliphatic heterocycles. The van der Waals surface area contributed by atoms with Crippen molar-refractivity contribution in [1.82, 2.24) is 14.6 Å². The zero-order valence-corrected chi connectivity index (χ0v) is 22.2. The lowest BCUT2D eigenvalue weighted by Gasteiger charge is -2.25. The van der Waals surface area contributed by atoms with Gasteiger partial charge in [-0.2, -0.15) is 14.6 Å². The van der Waals surface area contributed by atoms with Gasteiger partial charge in [0.2, 0.25) is 0 Å². The molecule has 0 unspecified atom stereocenters. The van der Waals surface area contributed by atoms with Crippen molar-refractivity contribution in [3.63, 3.8) is 0 Å². The predicted molar refractivity (Wildman–Crippen MR) is 144 cm³/mol. The Morgan fingerprint density at radius 1 is 0.917 bits per heavy atom. The minimum atomic E-state index is -4.13. The van der Waals surface area contributed by atoms with Gasteiger partial charge in [0.1, 0.15) is 11.4 Å². The second-order valence-electron chi connectivity index (χ2n) is 7.87. The Balaban J connectivity index is 1.70. The molecule has 36 heavy (non-hydrogen) atoms. The van der Waals surface area contributed by atoms with E-state index in [2.05, 4.69) is 14.6 Å². The fourth-order valence-corrected chi connectivity index (χ4v) is 6.23. The first-order valence-electron chi connectivity index (χ1n) is 10.6. The maximum absolute atomic E-state index is 14.0. The first-order valence-corrected chi connectivity index (χ1v) is 13.6. The minimum absolute atomic E-state index is 0.0616. The molecule has 0 aliphatic carbocycles. The molecule has 0 atom stereocenters. The molecule has 3 aromatic carbocycles. The Morgan fingerprint density at radius 2 is 1.69 bits per heavy atom. The summed E-state index contributed by atoms with van der Waals surface area (Å²) in [6.07, 6.45) is 3.09. The lowest BCUT2D eigenvalue weighted by atomic mass is 10.0. The number of sulfonamides is 1. The number of aryl methyl sites for hydroxylation is 1. The van der Waals surface area contributed by atoms with Gasteiger partial charge in [-0.05, 0) is 72.0 Å². The van der Waals surface area contributed by atoms with Crippen molar-refractivity contribution in [3.05, 3.63) is 88.0 Å². The standard InChI is InChI=1S/C25H18Cl2N4O3S2/c1-15-9-16(4-6-21(15)26)20-11-24(34-2)23(12-22(20)27)31(25-7-8-35-30-25)36(32,33)19-5-3-17-13-28-29-14-18(17)10-19/h3-14H,1-2H3. The molecule has 0 aliphatic rings. The molecule has 2 heterocycles. The average molecular weight is 557 g/mol. The van der Waals surface area contributed by atoms with Crippen LogP contribution in [0.1, 0.15) is 5.56 Å². The van der Waals surface area contributed by atoms with Crippen molar-refractivity contribution < 1.29 is 13.2 Å². The summed E-state index contributed by atoms with van der Waals surface area (Å²) in [5.74, 6) is 0.530. The average Bonchev–Trinajstić information content (AvgIpc) is 3.40. The highest BCUT2D eigenvalue weighted by Gasteiger charge is 2.31. The molecule has 0 spiro atoms. The number of halogens is 2. The van der Waals surface area contributed by atoms with Crippen molar-refractivity contribution in [2.24, 2.45) is 0 Å². The molecule has 182 valence electrons. The SMILES string of the molecule is COc1cc(-c2ccc(Cl)c(C)c2)c(Cl)cc1N(c1ccsn1)S(=O)(=O)c1ccc2cnncc2c1. The van der Waals surface area contributed by atoms with Gasteiger partial charge in [-0.15, -0.1) is 0 Å². The van der Waals surface area contributed by atoms with Crippen LogP contribution in [0.5, 0.6) is 5.75 Å². The molecule has 7 nitrogen and oxygen atoms in total. The maximum atomic E-state index is 14.0. The Kier molecular flexibility index (Phi) is 6.57. The van der Waals surface area contributed by atoms with Crippen LogP contribution >= 0.6 is 34.7 Å². The molecule has 0 saturated heterocycles. The normalized spacial score (nSPS) is 11.6. The first kappa shape index (κ1) is 24.5. The third kappa shape index (κ3) is 4.39.